The van der Waals surface area contributed by atoms with Gasteiger partial charge in [-0.2, -0.15) is 0 Å². The molecule has 0 bridgehead atoms. The molecule has 0 aromatic heterocycles. The van der Waals surface area contributed by atoms with Crippen LogP contribution in [0.25, 0.3) is 0 Å². The van der Waals surface area contributed by atoms with E-state index in [1.54, 1.807) is 24.3 Å². The topological polar surface area (TPSA) is 78.4 Å². The lowest BCUT2D eigenvalue weighted by Gasteiger charge is -2.26. The lowest BCUT2D eigenvalue weighted by Crippen LogP contribution is -2.31. The van der Waals surface area contributed by atoms with Gasteiger partial charge in [-0.05, 0) is 51.0 Å². The molecule has 1 aromatic carbocycles. The van der Waals surface area contributed by atoms with E-state index in [0.717, 1.165) is 12.1 Å². The van der Waals surface area contributed by atoms with Crippen molar-refractivity contribution >= 4 is 15.7 Å². The Bertz CT molecular complexity index is 510. The number of rotatable bonds is 8. The van der Waals surface area contributed by atoms with Gasteiger partial charge in [0.05, 0.1) is 4.90 Å². The third kappa shape index (κ3) is 5.11. The van der Waals surface area contributed by atoms with E-state index in [1.807, 2.05) is 20.8 Å². The Morgan fingerprint density at radius 1 is 1.20 bits per heavy atom. The molecule has 0 unspecified atom stereocenters. The van der Waals surface area contributed by atoms with Crippen molar-refractivity contribution in [1.82, 2.24) is 4.72 Å². The summed E-state index contributed by atoms with van der Waals surface area (Å²) in [6.07, 6.45) is 1.37. The number of aliphatic hydroxyl groups is 1. The molecule has 1 aromatic rings. The summed E-state index contributed by atoms with van der Waals surface area (Å²) in [6, 6.07) is 6.63. The smallest absolute Gasteiger partial charge is 0.240 e. The van der Waals surface area contributed by atoms with Gasteiger partial charge in [-0.15, -0.1) is 0 Å². The molecule has 0 radical (unpaired) electrons. The fourth-order valence-corrected chi connectivity index (χ4v) is 2.90. The Balaban J connectivity index is 2.79. The first kappa shape index (κ1) is 16.9. The number of nitrogens with one attached hydrogen (secondary N) is 2. The quantitative estimate of drug-likeness (QED) is 0.685. The maximum Gasteiger partial charge on any atom is 0.240 e. The van der Waals surface area contributed by atoms with Crippen LogP contribution in [0.4, 0.5) is 5.69 Å². The number of aliphatic hydroxyl groups excluding tert-OH is 1. The Morgan fingerprint density at radius 3 is 2.30 bits per heavy atom. The van der Waals surface area contributed by atoms with E-state index in [9.17, 15) is 8.42 Å². The van der Waals surface area contributed by atoms with Crippen molar-refractivity contribution in [3.63, 3.8) is 0 Å². The predicted molar refractivity (Wildman–Crippen MR) is 81.3 cm³/mol. The minimum atomic E-state index is -3.41. The van der Waals surface area contributed by atoms with Crippen LogP contribution in [-0.2, 0) is 10.0 Å². The van der Waals surface area contributed by atoms with Gasteiger partial charge >= 0.3 is 0 Å². The third-order valence-electron chi connectivity index (χ3n) is 2.93. The summed E-state index contributed by atoms with van der Waals surface area (Å²) in [5.74, 6) is 0. The molecule has 0 saturated carbocycles. The van der Waals surface area contributed by atoms with E-state index in [-0.39, 0.29) is 17.0 Å². The highest BCUT2D eigenvalue weighted by atomic mass is 32.2. The summed E-state index contributed by atoms with van der Waals surface area (Å²) >= 11 is 0. The first-order chi connectivity index (χ1) is 9.30. The number of hydrogen-bond acceptors (Lipinski definition) is 4. The van der Waals surface area contributed by atoms with Crippen molar-refractivity contribution in [3.05, 3.63) is 24.3 Å². The number of sulfonamides is 1. The molecule has 0 amide bonds. The monoisotopic (exact) mass is 300 g/mol. The van der Waals surface area contributed by atoms with Crippen molar-refractivity contribution in [3.8, 4) is 0 Å². The number of anilines is 1. The maximum absolute atomic E-state index is 11.9. The van der Waals surface area contributed by atoms with Gasteiger partial charge in [0.25, 0.3) is 0 Å². The van der Waals surface area contributed by atoms with Crippen molar-refractivity contribution in [2.45, 2.75) is 44.0 Å². The van der Waals surface area contributed by atoms with Crippen LogP contribution in [0.5, 0.6) is 0 Å². The van der Waals surface area contributed by atoms with E-state index in [0.29, 0.717) is 13.0 Å². The standard InChI is InChI=1S/C14H24N2O3S/c1-4-10-15-20(18,19)13-7-5-12(6-8-13)16-14(2,3)9-11-17/h5-8,15-17H,4,9-11H2,1-3H3. The zero-order chi connectivity index (χ0) is 15.2. The third-order valence-corrected chi connectivity index (χ3v) is 4.40. The Morgan fingerprint density at radius 2 is 1.80 bits per heavy atom. The highest BCUT2D eigenvalue weighted by Gasteiger charge is 2.17. The zero-order valence-electron chi connectivity index (χ0n) is 12.3. The van der Waals surface area contributed by atoms with Crippen molar-refractivity contribution in [2.75, 3.05) is 18.5 Å². The van der Waals surface area contributed by atoms with E-state index in [1.165, 1.54) is 0 Å². The van der Waals surface area contributed by atoms with Gasteiger partial charge in [0.15, 0.2) is 0 Å². The van der Waals surface area contributed by atoms with Crippen LogP contribution in [0.15, 0.2) is 29.2 Å². The van der Waals surface area contributed by atoms with Crippen LogP contribution in [-0.4, -0.2) is 32.2 Å². The highest BCUT2D eigenvalue weighted by molar-refractivity contribution is 7.89. The van der Waals surface area contributed by atoms with Crippen molar-refractivity contribution < 1.29 is 13.5 Å². The average molecular weight is 300 g/mol. The van der Waals surface area contributed by atoms with Crippen molar-refractivity contribution in [2.24, 2.45) is 0 Å². The summed E-state index contributed by atoms with van der Waals surface area (Å²) in [7, 11) is -3.41. The summed E-state index contributed by atoms with van der Waals surface area (Å²) < 4.78 is 26.4. The molecule has 0 aliphatic rings. The molecule has 5 nitrogen and oxygen atoms in total. The van der Waals surface area contributed by atoms with Gasteiger partial charge in [0.2, 0.25) is 10.0 Å². The second-order valence-electron chi connectivity index (χ2n) is 5.40. The molecule has 0 fully saturated rings. The number of benzene rings is 1. The van der Waals surface area contributed by atoms with Gasteiger partial charge in [-0.3, -0.25) is 0 Å². The van der Waals surface area contributed by atoms with E-state index in [2.05, 4.69) is 10.0 Å². The molecule has 0 saturated heterocycles. The molecular weight excluding hydrogens is 276 g/mol. The minimum Gasteiger partial charge on any atom is -0.396 e. The molecular formula is C14H24N2O3S. The van der Waals surface area contributed by atoms with Gasteiger partial charge < -0.3 is 10.4 Å². The molecule has 114 valence electrons. The fourth-order valence-electron chi connectivity index (χ4n) is 1.77. The maximum atomic E-state index is 11.9. The lowest BCUT2D eigenvalue weighted by molar-refractivity contribution is 0.261. The summed E-state index contributed by atoms with van der Waals surface area (Å²) in [5, 5.41) is 12.3. The predicted octanol–water partition coefficient (Wildman–Crippen LogP) is 1.95. The normalized spacial score (nSPS) is 12.4. The Labute approximate surface area is 121 Å². The minimum absolute atomic E-state index is 0.105. The Kier molecular flexibility index (Phi) is 5.98. The molecule has 3 N–H and O–H groups in total. The molecule has 0 aliphatic carbocycles. The van der Waals surface area contributed by atoms with Crippen LogP contribution < -0.4 is 10.0 Å². The summed E-state index contributed by atoms with van der Waals surface area (Å²) in [5.41, 5.74) is 0.591. The van der Waals surface area contributed by atoms with E-state index in [4.69, 9.17) is 5.11 Å². The van der Waals surface area contributed by atoms with E-state index < -0.39 is 10.0 Å². The SMILES string of the molecule is CCCNS(=O)(=O)c1ccc(NC(C)(C)CCO)cc1. The molecule has 0 atom stereocenters. The zero-order valence-corrected chi connectivity index (χ0v) is 13.1. The molecule has 6 heteroatoms. The van der Waals surface area contributed by atoms with Gasteiger partial charge in [-0.1, -0.05) is 6.92 Å². The largest absolute Gasteiger partial charge is 0.396 e. The first-order valence-electron chi connectivity index (χ1n) is 6.79. The van der Waals surface area contributed by atoms with E-state index >= 15 is 0 Å². The fraction of sp³-hybridized carbons (Fsp3) is 0.571. The second-order valence-corrected chi connectivity index (χ2v) is 7.17. The van der Waals surface area contributed by atoms with Crippen LogP contribution in [0, 0.1) is 0 Å². The molecule has 1 rings (SSSR count). The molecule has 0 heterocycles. The lowest BCUT2D eigenvalue weighted by atomic mass is 10.0. The van der Waals surface area contributed by atoms with Crippen LogP contribution in [0.1, 0.15) is 33.6 Å². The summed E-state index contributed by atoms with van der Waals surface area (Å²) in [4.78, 5) is 0.261. The van der Waals surface area contributed by atoms with Crippen LogP contribution >= 0.6 is 0 Å². The molecule has 0 aliphatic heterocycles. The summed E-state index contributed by atoms with van der Waals surface area (Å²) in [6.45, 7) is 6.42. The highest BCUT2D eigenvalue weighted by Crippen LogP contribution is 2.19. The van der Waals surface area contributed by atoms with Crippen LogP contribution in [0.2, 0.25) is 0 Å². The van der Waals surface area contributed by atoms with Crippen LogP contribution in [0.3, 0.4) is 0 Å². The van der Waals surface area contributed by atoms with Gasteiger partial charge in [0.1, 0.15) is 0 Å². The van der Waals surface area contributed by atoms with Gasteiger partial charge in [-0.25, -0.2) is 13.1 Å². The Hall–Kier alpha value is -1.11. The average Bonchev–Trinajstić information content (AvgIpc) is 2.36. The van der Waals surface area contributed by atoms with Gasteiger partial charge in [0, 0.05) is 24.4 Å². The molecule has 20 heavy (non-hydrogen) atoms. The first-order valence-corrected chi connectivity index (χ1v) is 8.28. The number of hydrogen-bond donors (Lipinski definition) is 3. The molecule has 0 spiro atoms. The van der Waals surface area contributed by atoms with Crippen molar-refractivity contribution in [1.29, 1.82) is 0 Å². The second kappa shape index (κ2) is 7.06.